The summed E-state index contributed by atoms with van der Waals surface area (Å²) in [6.45, 7) is 3.60. The van der Waals surface area contributed by atoms with Gasteiger partial charge in [-0.25, -0.2) is 0 Å². The lowest BCUT2D eigenvalue weighted by Gasteiger charge is -2.26. The maximum absolute atomic E-state index is 11.4. The van der Waals surface area contributed by atoms with Crippen LogP contribution in [0.5, 0.6) is 0 Å². The molecular weight excluding hydrogens is 264 g/mol. The smallest absolute Gasteiger partial charge is 0.313 e. The molecule has 20 heavy (non-hydrogen) atoms. The van der Waals surface area contributed by atoms with E-state index in [1.165, 1.54) is 6.07 Å². The fraction of sp³-hybridized carbons (Fsp3) is 0.462. The Morgan fingerprint density at radius 1 is 1.60 bits per heavy atom. The monoisotopic (exact) mass is 280 g/mol. The standard InChI is InChI=1S/C13H16N2O5/c1-8-4-3-5-9(15(18)19)11(8)14-10-6-20-7-13(10,2)12(16)17/h3-5,10,14H,6-7H2,1-2H3,(H,16,17). The lowest BCUT2D eigenvalue weighted by Crippen LogP contribution is -2.43. The first kappa shape index (κ1) is 14.3. The third kappa shape index (κ3) is 2.32. The highest BCUT2D eigenvalue weighted by Gasteiger charge is 2.47. The second-order valence-electron chi connectivity index (χ2n) is 5.16. The van der Waals surface area contributed by atoms with E-state index in [0.29, 0.717) is 11.3 Å². The molecular formula is C13H16N2O5. The van der Waals surface area contributed by atoms with Crippen LogP contribution in [0.2, 0.25) is 0 Å². The summed E-state index contributed by atoms with van der Waals surface area (Å²) in [6, 6.07) is 4.21. The topological polar surface area (TPSA) is 102 Å². The van der Waals surface area contributed by atoms with Gasteiger partial charge in [0.1, 0.15) is 11.1 Å². The molecule has 0 radical (unpaired) electrons. The van der Waals surface area contributed by atoms with Crippen LogP contribution in [0.1, 0.15) is 12.5 Å². The van der Waals surface area contributed by atoms with Crippen molar-refractivity contribution in [3.63, 3.8) is 0 Å². The molecule has 7 heteroatoms. The van der Waals surface area contributed by atoms with Crippen molar-refractivity contribution in [2.24, 2.45) is 5.41 Å². The molecule has 108 valence electrons. The van der Waals surface area contributed by atoms with Crippen molar-refractivity contribution in [3.8, 4) is 0 Å². The Morgan fingerprint density at radius 3 is 2.90 bits per heavy atom. The first-order valence-electron chi connectivity index (χ1n) is 6.18. The molecule has 0 spiro atoms. The average molecular weight is 280 g/mol. The van der Waals surface area contributed by atoms with Crippen LogP contribution in [0.15, 0.2) is 18.2 Å². The number of anilines is 1. The maximum atomic E-state index is 11.4. The minimum absolute atomic E-state index is 0.0651. The van der Waals surface area contributed by atoms with Crippen LogP contribution in [-0.4, -0.2) is 35.3 Å². The molecule has 0 aromatic heterocycles. The summed E-state index contributed by atoms with van der Waals surface area (Å²) in [5, 5.41) is 23.4. The molecule has 2 N–H and O–H groups in total. The number of carboxylic acids is 1. The molecule has 1 fully saturated rings. The molecule has 0 bridgehead atoms. The highest BCUT2D eigenvalue weighted by Crippen LogP contribution is 2.35. The van der Waals surface area contributed by atoms with Crippen LogP contribution in [0.4, 0.5) is 11.4 Å². The number of nitro benzene ring substituents is 1. The molecule has 1 aromatic rings. The normalized spacial score (nSPS) is 25.4. The van der Waals surface area contributed by atoms with Gasteiger partial charge in [0.15, 0.2) is 0 Å². The van der Waals surface area contributed by atoms with Crippen molar-refractivity contribution in [1.82, 2.24) is 0 Å². The Morgan fingerprint density at radius 2 is 2.30 bits per heavy atom. The molecule has 1 aliphatic heterocycles. The summed E-state index contributed by atoms with van der Waals surface area (Å²) in [4.78, 5) is 22.0. The van der Waals surface area contributed by atoms with Gasteiger partial charge in [-0.15, -0.1) is 0 Å². The predicted molar refractivity (Wildman–Crippen MR) is 71.8 cm³/mol. The summed E-state index contributed by atoms with van der Waals surface area (Å²) in [5.41, 5.74) is -0.125. The van der Waals surface area contributed by atoms with Gasteiger partial charge >= 0.3 is 5.97 Å². The van der Waals surface area contributed by atoms with E-state index in [0.717, 1.165) is 0 Å². The SMILES string of the molecule is Cc1cccc([N+](=O)[O-])c1NC1COCC1(C)C(=O)O. The number of carboxylic acid groups (broad SMARTS) is 1. The van der Waals surface area contributed by atoms with Gasteiger partial charge in [-0.1, -0.05) is 12.1 Å². The molecule has 1 aromatic carbocycles. The van der Waals surface area contributed by atoms with Gasteiger partial charge in [0.05, 0.1) is 24.2 Å². The van der Waals surface area contributed by atoms with Crippen molar-refractivity contribution in [2.45, 2.75) is 19.9 Å². The van der Waals surface area contributed by atoms with E-state index in [4.69, 9.17) is 4.74 Å². The van der Waals surface area contributed by atoms with Crippen molar-refractivity contribution in [2.75, 3.05) is 18.5 Å². The van der Waals surface area contributed by atoms with Gasteiger partial charge in [-0.05, 0) is 19.4 Å². The molecule has 2 rings (SSSR count). The number of aliphatic carboxylic acids is 1. The Balaban J connectivity index is 2.35. The Kier molecular flexibility index (Phi) is 3.63. The summed E-state index contributed by atoms with van der Waals surface area (Å²) in [7, 11) is 0. The van der Waals surface area contributed by atoms with Crippen molar-refractivity contribution in [1.29, 1.82) is 0 Å². The lowest BCUT2D eigenvalue weighted by molar-refractivity contribution is -0.384. The summed E-state index contributed by atoms with van der Waals surface area (Å²) < 4.78 is 5.23. The largest absolute Gasteiger partial charge is 0.481 e. The fourth-order valence-corrected chi connectivity index (χ4v) is 2.25. The van der Waals surface area contributed by atoms with Crippen molar-refractivity contribution in [3.05, 3.63) is 33.9 Å². The van der Waals surface area contributed by atoms with Crippen LogP contribution < -0.4 is 5.32 Å². The molecule has 1 saturated heterocycles. The maximum Gasteiger partial charge on any atom is 0.313 e. The Bertz CT molecular complexity index is 560. The minimum atomic E-state index is -1.10. The van der Waals surface area contributed by atoms with E-state index in [1.807, 2.05) is 0 Å². The van der Waals surface area contributed by atoms with Gasteiger partial charge in [-0.2, -0.15) is 0 Å². The predicted octanol–water partition coefficient (Wildman–Crippen LogP) is 1.80. The lowest BCUT2D eigenvalue weighted by atomic mass is 9.85. The number of nitrogens with one attached hydrogen (secondary N) is 1. The zero-order chi connectivity index (χ0) is 14.9. The third-order valence-electron chi connectivity index (χ3n) is 3.71. The molecule has 0 aliphatic carbocycles. The van der Waals surface area contributed by atoms with Crippen LogP contribution in [0.25, 0.3) is 0 Å². The van der Waals surface area contributed by atoms with Crippen LogP contribution in [0, 0.1) is 22.5 Å². The number of benzene rings is 1. The van der Waals surface area contributed by atoms with E-state index in [1.54, 1.807) is 26.0 Å². The van der Waals surface area contributed by atoms with Crippen molar-refractivity contribution >= 4 is 17.3 Å². The summed E-state index contributed by atoms with van der Waals surface area (Å²) in [5.74, 6) is -0.983. The minimum Gasteiger partial charge on any atom is -0.481 e. The number of aryl methyl sites for hydroxylation is 1. The van der Waals surface area contributed by atoms with Crippen LogP contribution in [-0.2, 0) is 9.53 Å². The van der Waals surface area contributed by atoms with E-state index in [9.17, 15) is 20.0 Å². The zero-order valence-electron chi connectivity index (χ0n) is 11.3. The van der Waals surface area contributed by atoms with Gasteiger partial charge < -0.3 is 15.2 Å². The third-order valence-corrected chi connectivity index (χ3v) is 3.71. The summed E-state index contributed by atoms with van der Waals surface area (Å²) >= 11 is 0. The number of nitrogens with zero attached hydrogens (tertiary/aromatic N) is 1. The van der Waals surface area contributed by atoms with Crippen LogP contribution >= 0.6 is 0 Å². The van der Waals surface area contributed by atoms with E-state index >= 15 is 0 Å². The van der Waals surface area contributed by atoms with Gasteiger partial charge in [0, 0.05) is 6.07 Å². The molecule has 2 unspecified atom stereocenters. The Hall–Kier alpha value is -2.15. The number of hydrogen-bond acceptors (Lipinski definition) is 5. The number of nitro groups is 1. The molecule has 1 heterocycles. The highest BCUT2D eigenvalue weighted by molar-refractivity contribution is 5.77. The fourth-order valence-electron chi connectivity index (χ4n) is 2.25. The Labute approximate surface area is 115 Å². The number of hydrogen-bond donors (Lipinski definition) is 2. The second kappa shape index (κ2) is 5.09. The van der Waals surface area contributed by atoms with E-state index in [-0.39, 0.29) is 18.9 Å². The average Bonchev–Trinajstić information content (AvgIpc) is 2.74. The van der Waals surface area contributed by atoms with Crippen molar-refractivity contribution < 1.29 is 19.6 Å². The number of carbonyl (C=O) groups is 1. The first-order chi connectivity index (χ1) is 9.36. The number of rotatable bonds is 4. The summed E-state index contributed by atoms with van der Waals surface area (Å²) in [6.07, 6.45) is 0. The highest BCUT2D eigenvalue weighted by atomic mass is 16.6. The zero-order valence-corrected chi connectivity index (χ0v) is 11.3. The van der Waals surface area contributed by atoms with Gasteiger partial charge in [-0.3, -0.25) is 14.9 Å². The van der Waals surface area contributed by atoms with Gasteiger partial charge in [0.25, 0.3) is 5.69 Å². The quantitative estimate of drug-likeness (QED) is 0.644. The van der Waals surface area contributed by atoms with E-state index in [2.05, 4.69) is 5.32 Å². The number of para-hydroxylation sites is 1. The molecule has 1 aliphatic rings. The van der Waals surface area contributed by atoms with Crippen LogP contribution in [0.3, 0.4) is 0 Å². The molecule has 2 atom stereocenters. The first-order valence-corrected chi connectivity index (χ1v) is 6.18. The molecule has 0 saturated carbocycles. The molecule has 7 nitrogen and oxygen atoms in total. The van der Waals surface area contributed by atoms with E-state index < -0.39 is 22.3 Å². The van der Waals surface area contributed by atoms with Gasteiger partial charge in [0.2, 0.25) is 0 Å². The molecule has 0 amide bonds. The second-order valence-corrected chi connectivity index (χ2v) is 5.16. The number of ether oxygens (including phenoxy) is 1.